The smallest absolute Gasteiger partial charge is 0.290 e. The first-order valence-corrected chi connectivity index (χ1v) is 8.54. The van der Waals surface area contributed by atoms with Crippen molar-refractivity contribution >= 4 is 5.91 Å². The van der Waals surface area contributed by atoms with Crippen LogP contribution in [0.2, 0.25) is 0 Å². The Balaban J connectivity index is 1.42. The molecule has 9 heteroatoms. The van der Waals surface area contributed by atoms with Gasteiger partial charge in [0.05, 0.1) is 6.20 Å². The van der Waals surface area contributed by atoms with Gasteiger partial charge in [-0.25, -0.2) is 4.68 Å². The standard InChI is InChI=1S/C17H19N7O2/c25-16(18-6-4-12-5-7-26-11-12)14-3-1-2-13(8-14)15-9-19-24(10-15)17-20-22-23-21-17/h1-3,8-10,12H,4-7,11H2,(H,18,25)(H,20,21,22,23)/t12-/m1/s1. The van der Waals surface area contributed by atoms with E-state index < -0.39 is 0 Å². The molecule has 2 N–H and O–H groups in total. The summed E-state index contributed by atoms with van der Waals surface area (Å²) in [5.41, 5.74) is 2.39. The number of amides is 1. The number of carbonyl (C=O) groups excluding carboxylic acids is 1. The highest BCUT2D eigenvalue weighted by molar-refractivity contribution is 5.95. The minimum Gasteiger partial charge on any atom is -0.381 e. The van der Waals surface area contributed by atoms with Crippen LogP contribution in [0.15, 0.2) is 36.7 Å². The van der Waals surface area contributed by atoms with E-state index in [-0.39, 0.29) is 5.91 Å². The fourth-order valence-corrected chi connectivity index (χ4v) is 2.98. The second kappa shape index (κ2) is 7.44. The van der Waals surface area contributed by atoms with Crippen LogP contribution >= 0.6 is 0 Å². The predicted molar refractivity (Wildman–Crippen MR) is 92.6 cm³/mol. The largest absolute Gasteiger partial charge is 0.381 e. The van der Waals surface area contributed by atoms with Crippen molar-refractivity contribution in [3.63, 3.8) is 0 Å². The Morgan fingerprint density at radius 3 is 3.15 bits per heavy atom. The van der Waals surface area contributed by atoms with Gasteiger partial charge in [-0.15, -0.1) is 5.10 Å². The van der Waals surface area contributed by atoms with Crippen molar-refractivity contribution in [2.45, 2.75) is 12.8 Å². The average Bonchev–Trinajstić information content (AvgIpc) is 3.42. The molecule has 0 bridgehead atoms. The maximum Gasteiger partial charge on any atom is 0.290 e. The number of tetrazole rings is 1. The lowest BCUT2D eigenvalue weighted by Gasteiger charge is -2.09. The Bertz CT molecular complexity index is 869. The van der Waals surface area contributed by atoms with Gasteiger partial charge in [-0.2, -0.15) is 10.3 Å². The Kier molecular flexibility index (Phi) is 4.69. The predicted octanol–water partition coefficient (Wildman–Crippen LogP) is 1.21. The quantitative estimate of drug-likeness (QED) is 0.689. The maximum atomic E-state index is 12.4. The number of nitrogens with zero attached hydrogens (tertiary/aromatic N) is 5. The number of aromatic nitrogens is 6. The number of benzene rings is 1. The van der Waals surface area contributed by atoms with Crippen LogP contribution in [0.1, 0.15) is 23.2 Å². The molecule has 1 aliphatic rings. The molecule has 1 amide bonds. The van der Waals surface area contributed by atoms with E-state index in [0.717, 1.165) is 37.2 Å². The van der Waals surface area contributed by atoms with Gasteiger partial charge in [-0.1, -0.05) is 17.2 Å². The van der Waals surface area contributed by atoms with Gasteiger partial charge in [0.2, 0.25) is 0 Å². The van der Waals surface area contributed by atoms with Gasteiger partial charge in [0.25, 0.3) is 11.9 Å². The van der Waals surface area contributed by atoms with Gasteiger partial charge in [0.1, 0.15) is 0 Å². The molecule has 1 fully saturated rings. The average molecular weight is 353 g/mol. The van der Waals surface area contributed by atoms with Crippen LogP contribution in [-0.2, 0) is 4.74 Å². The zero-order valence-electron chi connectivity index (χ0n) is 14.1. The molecule has 1 atom stereocenters. The summed E-state index contributed by atoms with van der Waals surface area (Å²) in [6.07, 6.45) is 5.52. The van der Waals surface area contributed by atoms with E-state index in [4.69, 9.17) is 4.74 Å². The molecule has 1 aromatic carbocycles. The maximum absolute atomic E-state index is 12.4. The summed E-state index contributed by atoms with van der Waals surface area (Å²) >= 11 is 0. The van der Waals surface area contributed by atoms with E-state index in [1.54, 1.807) is 18.5 Å². The van der Waals surface area contributed by atoms with Crippen LogP contribution in [0.3, 0.4) is 0 Å². The first kappa shape index (κ1) is 16.4. The summed E-state index contributed by atoms with van der Waals surface area (Å²) in [4.78, 5) is 12.4. The van der Waals surface area contributed by atoms with E-state index in [0.29, 0.717) is 24.0 Å². The third kappa shape index (κ3) is 3.62. The second-order valence-corrected chi connectivity index (χ2v) is 6.24. The summed E-state index contributed by atoms with van der Waals surface area (Å²) in [6, 6.07) is 7.46. The lowest BCUT2D eigenvalue weighted by molar-refractivity contribution is 0.0950. The summed E-state index contributed by atoms with van der Waals surface area (Å²) in [7, 11) is 0. The van der Waals surface area contributed by atoms with Crippen LogP contribution < -0.4 is 5.32 Å². The first-order valence-electron chi connectivity index (χ1n) is 8.54. The van der Waals surface area contributed by atoms with Crippen molar-refractivity contribution in [2.24, 2.45) is 5.92 Å². The molecule has 3 aromatic rings. The zero-order valence-corrected chi connectivity index (χ0v) is 14.1. The van der Waals surface area contributed by atoms with Gasteiger partial charge in [-0.05, 0) is 41.7 Å². The van der Waals surface area contributed by atoms with Crippen molar-refractivity contribution in [2.75, 3.05) is 19.8 Å². The van der Waals surface area contributed by atoms with Crippen molar-refractivity contribution in [3.05, 3.63) is 42.2 Å². The number of aromatic amines is 1. The topological polar surface area (TPSA) is 111 Å². The molecule has 2 aromatic heterocycles. The van der Waals surface area contributed by atoms with E-state index in [9.17, 15) is 4.79 Å². The molecule has 0 aliphatic carbocycles. The fourth-order valence-electron chi connectivity index (χ4n) is 2.98. The lowest BCUT2D eigenvalue weighted by atomic mass is 10.0. The SMILES string of the molecule is O=C(NCC[C@@H]1CCOC1)c1cccc(-c2cnn(-c3nn[nH]n3)c2)c1. The third-order valence-electron chi connectivity index (χ3n) is 4.44. The van der Waals surface area contributed by atoms with Crippen LogP contribution in [0, 0.1) is 5.92 Å². The Morgan fingerprint density at radius 2 is 2.35 bits per heavy atom. The van der Waals surface area contributed by atoms with E-state index in [2.05, 4.69) is 31.0 Å². The Labute approximate surface area is 149 Å². The monoisotopic (exact) mass is 353 g/mol. The lowest BCUT2D eigenvalue weighted by Crippen LogP contribution is -2.26. The molecule has 1 aliphatic heterocycles. The summed E-state index contributed by atoms with van der Waals surface area (Å²) in [6.45, 7) is 2.29. The normalized spacial score (nSPS) is 16.7. The molecule has 0 spiro atoms. The molecule has 4 rings (SSSR count). The number of rotatable bonds is 6. The number of hydrogen-bond donors (Lipinski definition) is 2. The van der Waals surface area contributed by atoms with E-state index >= 15 is 0 Å². The van der Waals surface area contributed by atoms with Gasteiger partial charge in [-0.3, -0.25) is 4.79 Å². The minimum absolute atomic E-state index is 0.0728. The number of carbonyl (C=O) groups is 1. The number of nitrogens with one attached hydrogen (secondary N) is 2. The molecule has 134 valence electrons. The first-order chi connectivity index (χ1) is 12.8. The highest BCUT2D eigenvalue weighted by Gasteiger charge is 2.16. The van der Waals surface area contributed by atoms with Crippen LogP contribution in [0.5, 0.6) is 0 Å². The molecule has 0 unspecified atom stereocenters. The number of H-pyrrole nitrogens is 1. The van der Waals surface area contributed by atoms with Crippen LogP contribution in [0.4, 0.5) is 0 Å². The number of hydrogen-bond acceptors (Lipinski definition) is 6. The molecule has 0 saturated carbocycles. The molecule has 26 heavy (non-hydrogen) atoms. The molecule has 3 heterocycles. The molecule has 1 saturated heterocycles. The highest BCUT2D eigenvalue weighted by Crippen LogP contribution is 2.21. The van der Waals surface area contributed by atoms with Crippen LogP contribution in [-0.4, -0.2) is 56.1 Å². The summed E-state index contributed by atoms with van der Waals surface area (Å²) < 4.78 is 6.88. The fraction of sp³-hybridized carbons (Fsp3) is 0.353. The number of ether oxygens (including phenoxy) is 1. The van der Waals surface area contributed by atoms with Crippen molar-refractivity contribution in [1.82, 2.24) is 35.7 Å². The van der Waals surface area contributed by atoms with Crippen LogP contribution in [0.25, 0.3) is 17.1 Å². The second-order valence-electron chi connectivity index (χ2n) is 6.24. The van der Waals surface area contributed by atoms with Gasteiger partial charge in [0.15, 0.2) is 0 Å². The summed E-state index contributed by atoms with van der Waals surface area (Å²) in [5, 5.41) is 20.9. The zero-order chi connectivity index (χ0) is 17.8. The molecular weight excluding hydrogens is 334 g/mol. The summed E-state index contributed by atoms with van der Waals surface area (Å²) in [5.74, 6) is 0.843. The highest BCUT2D eigenvalue weighted by atomic mass is 16.5. The van der Waals surface area contributed by atoms with Crippen molar-refractivity contribution in [3.8, 4) is 17.1 Å². The van der Waals surface area contributed by atoms with Gasteiger partial charge in [0, 0.05) is 37.1 Å². The molecule has 9 nitrogen and oxygen atoms in total. The van der Waals surface area contributed by atoms with E-state index in [1.165, 1.54) is 4.68 Å². The van der Waals surface area contributed by atoms with Gasteiger partial charge < -0.3 is 10.1 Å². The third-order valence-corrected chi connectivity index (χ3v) is 4.44. The van der Waals surface area contributed by atoms with Gasteiger partial charge >= 0.3 is 0 Å². The van der Waals surface area contributed by atoms with Crippen molar-refractivity contribution < 1.29 is 9.53 Å². The Morgan fingerprint density at radius 1 is 1.38 bits per heavy atom. The molecule has 0 radical (unpaired) electrons. The Hall–Kier alpha value is -3.07. The minimum atomic E-state index is -0.0728. The van der Waals surface area contributed by atoms with Crippen molar-refractivity contribution in [1.29, 1.82) is 0 Å². The molecular formula is C17H19N7O2. The van der Waals surface area contributed by atoms with E-state index in [1.807, 2.05) is 18.2 Å².